The van der Waals surface area contributed by atoms with Crippen LogP contribution in [0.2, 0.25) is 0 Å². The van der Waals surface area contributed by atoms with Crippen molar-refractivity contribution in [3.63, 3.8) is 0 Å². The predicted octanol–water partition coefficient (Wildman–Crippen LogP) is 1.40. The van der Waals surface area contributed by atoms with Crippen LogP contribution < -0.4 is 5.32 Å². The molecule has 88 valence electrons. The Balaban J connectivity index is 2.92. The molecular weight excluding hydrogens is 206 g/mol. The number of hydrogen-bond acceptors (Lipinski definition) is 3. The molecule has 1 heterocycles. The van der Waals surface area contributed by atoms with Gasteiger partial charge in [-0.2, -0.15) is 5.26 Å². The molecule has 1 aliphatic heterocycles. The number of hydrogen-bond donors (Lipinski definition) is 1. The number of carbonyl (C=O) groups is 2. The summed E-state index contributed by atoms with van der Waals surface area (Å²) in [5.74, 6) is -0.247. The SMILES string of the molecule is CCCC1(CCC)NC(=O)N(CC#N)C1=O. The molecule has 0 unspecified atom stereocenters. The number of nitrogens with zero attached hydrogens (tertiary/aromatic N) is 2. The van der Waals surface area contributed by atoms with Gasteiger partial charge in [-0.1, -0.05) is 26.7 Å². The van der Waals surface area contributed by atoms with E-state index in [1.54, 1.807) is 0 Å². The lowest BCUT2D eigenvalue weighted by Crippen LogP contribution is -2.46. The van der Waals surface area contributed by atoms with Crippen molar-refractivity contribution in [3.05, 3.63) is 0 Å². The second kappa shape index (κ2) is 4.97. The zero-order valence-corrected chi connectivity index (χ0v) is 9.75. The van der Waals surface area contributed by atoms with Gasteiger partial charge in [0.2, 0.25) is 0 Å². The number of amides is 3. The van der Waals surface area contributed by atoms with E-state index in [0.29, 0.717) is 12.8 Å². The van der Waals surface area contributed by atoms with Crippen LogP contribution in [-0.2, 0) is 4.79 Å². The van der Waals surface area contributed by atoms with Crippen molar-refractivity contribution in [2.75, 3.05) is 6.54 Å². The molecule has 0 aromatic heterocycles. The van der Waals surface area contributed by atoms with Crippen molar-refractivity contribution in [1.29, 1.82) is 5.26 Å². The van der Waals surface area contributed by atoms with Crippen molar-refractivity contribution < 1.29 is 9.59 Å². The van der Waals surface area contributed by atoms with E-state index in [-0.39, 0.29) is 12.5 Å². The number of nitrogens with one attached hydrogen (secondary N) is 1. The Kier molecular flexibility index (Phi) is 3.88. The van der Waals surface area contributed by atoms with Gasteiger partial charge in [-0.3, -0.25) is 4.79 Å². The van der Waals surface area contributed by atoms with Gasteiger partial charge in [0.1, 0.15) is 12.1 Å². The Bertz CT molecular complexity index is 327. The highest BCUT2D eigenvalue weighted by Crippen LogP contribution is 2.27. The highest BCUT2D eigenvalue weighted by Gasteiger charge is 2.49. The van der Waals surface area contributed by atoms with E-state index in [1.807, 2.05) is 19.9 Å². The lowest BCUT2D eigenvalue weighted by molar-refractivity contribution is -0.131. The largest absolute Gasteiger partial charge is 0.325 e. The van der Waals surface area contributed by atoms with Crippen LogP contribution in [0.1, 0.15) is 39.5 Å². The quantitative estimate of drug-likeness (QED) is 0.565. The maximum atomic E-state index is 12.1. The molecule has 5 nitrogen and oxygen atoms in total. The molecule has 16 heavy (non-hydrogen) atoms. The molecule has 1 aliphatic rings. The average molecular weight is 223 g/mol. The molecule has 3 amide bonds. The predicted molar refractivity (Wildman–Crippen MR) is 58.4 cm³/mol. The van der Waals surface area contributed by atoms with Gasteiger partial charge in [0.05, 0.1) is 6.07 Å². The maximum Gasteiger partial charge on any atom is 0.325 e. The van der Waals surface area contributed by atoms with Crippen LogP contribution in [0, 0.1) is 11.3 Å². The molecule has 5 heteroatoms. The van der Waals surface area contributed by atoms with Crippen LogP contribution >= 0.6 is 0 Å². The number of nitriles is 1. The van der Waals surface area contributed by atoms with E-state index in [1.165, 1.54) is 0 Å². The molecule has 1 N–H and O–H groups in total. The van der Waals surface area contributed by atoms with Crippen LogP contribution in [-0.4, -0.2) is 28.9 Å². The van der Waals surface area contributed by atoms with E-state index in [4.69, 9.17) is 5.26 Å². The average Bonchev–Trinajstić information content (AvgIpc) is 2.45. The minimum Gasteiger partial charge on any atom is -0.323 e. The molecule has 0 aromatic carbocycles. The van der Waals surface area contributed by atoms with Crippen LogP contribution in [0.25, 0.3) is 0 Å². The normalized spacial score (nSPS) is 18.4. The smallest absolute Gasteiger partial charge is 0.323 e. The zero-order valence-electron chi connectivity index (χ0n) is 9.75. The van der Waals surface area contributed by atoms with Gasteiger partial charge in [-0.05, 0) is 12.8 Å². The third kappa shape index (κ3) is 2.01. The van der Waals surface area contributed by atoms with Gasteiger partial charge in [-0.15, -0.1) is 0 Å². The van der Waals surface area contributed by atoms with Gasteiger partial charge in [0.25, 0.3) is 5.91 Å². The standard InChI is InChI=1S/C11H17N3O2/c1-3-5-11(6-4-2)9(15)14(8-7-12)10(16)13-11/h3-6,8H2,1-2H3,(H,13,16). The molecule has 0 atom stereocenters. The van der Waals surface area contributed by atoms with Crippen molar-refractivity contribution in [2.45, 2.75) is 45.1 Å². The third-order valence-corrected chi connectivity index (χ3v) is 2.83. The van der Waals surface area contributed by atoms with Gasteiger partial charge in [-0.25, -0.2) is 9.69 Å². The monoisotopic (exact) mass is 223 g/mol. The van der Waals surface area contributed by atoms with Gasteiger partial charge in [0, 0.05) is 0 Å². The summed E-state index contributed by atoms with van der Waals surface area (Å²) in [5.41, 5.74) is -0.766. The molecule has 1 rings (SSSR count). The first-order chi connectivity index (χ1) is 7.61. The van der Waals surface area contributed by atoms with Gasteiger partial charge >= 0.3 is 6.03 Å². The third-order valence-electron chi connectivity index (χ3n) is 2.83. The summed E-state index contributed by atoms with van der Waals surface area (Å²) < 4.78 is 0. The Hall–Kier alpha value is -1.57. The number of carbonyl (C=O) groups excluding carboxylic acids is 2. The maximum absolute atomic E-state index is 12.1. The topological polar surface area (TPSA) is 73.2 Å². The van der Waals surface area contributed by atoms with Crippen molar-refractivity contribution >= 4 is 11.9 Å². The second-order valence-corrected chi connectivity index (χ2v) is 4.06. The fourth-order valence-corrected chi connectivity index (χ4v) is 2.21. The summed E-state index contributed by atoms with van der Waals surface area (Å²) in [6.45, 7) is 3.79. The molecule has 1 fully saturated rings. The minimum atomic E-state index is -0.766. The summed E-state index contributed by atoms with van der Waals surface area (Å²) >= 11 is 0. The summed E-state index contributed by atoms with van der Waals surface area (Å²) in [6.07, 6.45) is 2.92. The first-order valence-electron chi connectivity index (χ1n) is 5.62. The lowest BCUT2D eigenvalue weighted by atomic mass is 9.88. The molecule has 0 saturated carbocycles. The fourth-order valence-electron chi connectivity index (χ4n) is 2.21. The minimum absolute atomic E-state index is 0.167. The summed E-state index contributed by atoms with van der Waals surface area (Å²) in [4.78, 5) is 24.7. The Labute approximate surface area is 95.4 Å². The molecular formula is C11H17N3O2. The van der Waals surface area contributed by atoms with E-state index in [0.717, 1.165) is 17.7 Å². The summed E-state index contributed by atoms with van der Waals surface area (Å²) in [5, 5.41) is 11.3. The number of imide groups is 1. The highest BCUT2D eigenvalue weighted by atomic mass is 16.2. The van der Waals surface area contributed by atoms with Crippen molar-refractivity contribution in [3.8, 4) is 6.07 Å². The molecule has 0 bridgehead atoms. The first-order valence-corrected chi connectivity index (χ1v) is 5.62. The number of rotatable bonds is 5. The van der Waals surface area contributed by atoms with E-state index < -0.39 is 11.6 Å². The first kappa shape index (κ1) is 12.5. The van der Waals surface area contributed by atoms with Crippen LogP contribution in [0.3, 0.4) is 0 Å². The van der Waals surface area contributed by atoms with Crippen LogP contribution in [0.15, 0.2) is 0 Å². The van der Waals surface area contributed by atoms with E-state index >= 15 is 0 Å². The molecule has 0 aliphatic carbocycles. The van der Waals surface area contributed by atoms with Crippen LogP contribution in [0.5, 0.6) is 0 Å². The van der Waals surface area contributed by atoms with Crippen LogP contribution in [0.4, 0.5) is 4.79 Å². The molecule has 0 aromatic rings. The Morgan fingerprint density at radius 1 is 1.31 bits per heavy atom. The molecule has 0 radical (unpaired) electrons. The van der Waals surface area contributed by atoms with Gasteiger partial charge in [0.15, 0.2) is 0 Å². The lowest BCUT2D eigenvalue weighted by Gasteiger charge is -2.25. The van der Waals surface area contributed by atoms with Crippen molar-refractivity contribution in [2.24, 2.45) is 0 Å². The zero-order chi connectivity index (χ0) is 12.2. The van der Waals surface area contributed by atoms with Gasteiger partial charge < -0.3 is 5.32 Å². The van der Waals surface area contributed by atoms with E-state index in [9.17, 15) is 9.59 Å². The van der Waals surface area contributed by atoms with Crippen molar-refractivity contribution in [1.82, 2.24) is 10.2 Å². The summed E-state index contributed by atoms with van der Waals surface area (Å²) in [6, 6.07) is 1.40. The Morgan fingerprint density at radius 2 is 1.88 bits per heavy atom. The molecule has 1 saturated heterocycles. The second-order valence-electron chi connectivity index (χ2n) is 4.06. The van der Waals surface area contributed by atoms with E-state index in [2.05, 4.69) is 5.32 Å². The Morgan fingerprint density at radius 3 is 2.31 bits per heavy atom. The fraction of sp³-hybridized carbons (Fsp3) is 0.727. The highest BCUT2D eigenvalue weighted by molar-refractivity contribution is 6.07. The summed E-state index contributed by atoms with van der Waals surface area (Å²) in [7, 11) is 0. The molecule has 0 spiro atoms. The number of urea groups is 1.